The number of halogens is 1. The van der Waals surface area contributed by atoms with Crippen molar-refractivity contribution in [2.75, 3.05) is 19.6 Å². The molecule has 1 aliphatic heterocycles. The summed E-state index contributed by atoms with van der Waals surface area (Å²) in [6, 6.07) is 7.47. The van der Waals surface area contributed by atoms with Crippen molar-refractivity contribution in [1.29, 1.82) is 0 Å². The zero-order chi connectivity index (χ0) is 12.3. The molecule has 1 fully saturated rings. The van der Waals surface area contributed by atoms with Gasteiger partial charge in [-0.15, -0.1) is 0 Å². The highest BCUT2D eigenvalue weighted by atomic mass is 35.5. The Labute approximate surface area is 108 Å². The molecule has 1 aromatic rings. The number of benzene rings is 1. The molecule has 0 aliphatic carbocycles. The molecule has 2 unspecified atom stereocenters. The summed E-state index contributed by atoms with van der Waals surface area (Å²) >= 11 is 5.82. The maximum atomic E-state index is 10.1. The van der Waals surface area contributed by atoms with Crippen LogP contribution in [0.4, 0.5) is 0 Å². The van der Waals surface area contributed by atoms with Crippen molar-refractivity contribution >= 4 is 11.6 Å². The molecule has 1 aliphatic rings. The second-order valence-electron chi connectivity index (χ2n) is 5.05. The summed E-state index contributed by atoms with van der Waals surface area (Å²) in [7, 11) is 0. The lowest BCUT2D eigenvalue weighted by atomic mass is 10.1. The van der Waals surface area contributed by atoms with Crippen LogP contribution in [0.3, 0.4) is 0 Å². The van der Waals surface area contributed by atoms with E-state index in [0.29, 0.717) is 5.02 Å². The Bertz CT molecular complexity index is 352. The van der Waals surface area contributed by atoms with E-state index in [1.807, 2.05) is 24.3 Å². The van der Waals surface area contributed by atoms with Crippen molar-refractivity contribution in [3.05, 3.63) is 34.9 Å². The van der Waals surface area contributed by atoms with Crippen LogP contribution in [0.1, 0.15) is 31.4 Å². The SMILES string of the molecule is CC1CCN(CCC(O)c2ccc(Cl)cc2)C1. The Morgan fingerprint density at radius 2 is 2.12 bits per heavy atom. The molecule has 3 heteroatoms. The second-order valence-corrected chi connectivity index (χ2v) is 5.49. The first-order valence-electron chi connectivity index (χ1n) is 6.31. The van der Waals surface area contributed by atoms with E-state index in [2.05, 4.69) is 11.8 Å². The van der Waals surface area contributed by atoms with Crippen molar-refractivity contribution in [1.82, 2.24) is 4.90 Å². The highest BCUT2D eigenvalue weighted by molar-refractivity contribution is 6.30. The first-order chi connectivity index (χ1) is 8.15. The maximum Gasteiger partial charge on any atom is 0.0802 e. The average Bonchev–Trinajstić information content (AvgIpc) is 2.73. The molecule has 0 saturated carbocycles. The number of hydrogen-bond donors (Lipinski definition) is 1. The monoisotopic (exact) mass is 253 g/mol. The summed E-state index contributed by atoms with van der Waals surface area (Å²) in [6.07, 6.45) is 1.72. The predicted octanol–water partition coefficient (Wildman–Crippen LogP) is 3.11. The minimum absolute atomic E-state index is 0.372. The summed E-state index contributed by atoms with van der Waals surface area (Å²) in [5, 5.41) is 10.8. The minimum atomic E-state index is -0.372. The van der Waals surface area contributed by atoms with Gasteiger partial charge in [-0.05, 0) is 43.0 Å². The van der Waals surface area contributed by atoms with E-state index in [1.165, 1.54) is 19.5 Å². The molecule has 0 amide bonds. The van der Waals surface area contributed by atoms with E-state index in [9.17, 15) is 5.11 Å². The third-order valence-corrected chi connectivity index (χ3v) is 3.73. The van der Waals surface area contributed by atoms with Gasteiger partial charge in [-0.1, -0.05) is 30.7 Å². The first kappa shape index (κ1) is 12.9. The lowest BCUT2D eigenvalue weighted by Crippen LogP contribution is -2.23. The number of nitrogens with zero attached hydrogens (tertiary/aromatic N) is 1. The quantitative estimate of drug-likeness (QED) is 0.891. The summed E-state index contributed by atoms with van der Waals surface area (Å²) in [4.78, 5) is 2.43. The molecule has 2 rings (SSSR count). The molecule has 0 spiro atoms. The Kier molecular flexibility index (Phi) is 4.43. The third-order valence-electron chi connectivity index (χ3n) is 3.48. The van der Waals surface area contributed by atoms with Gasteiger partial charge in [-0.3, -0.25) is 0 Å². The number of likely N-dealkylation sites (tertiary alicyclic amines) is 1. The molecule has 1 saturated heterocycles. The highest BCUT2D eigenvalue weighted by Crippen LogP contribution is 2.21. The fraction of sp³-hybridized carbons (Fsp3) is 0.571. The molecule has 0 aromatic heterocycles. The van der Waals surface area contributed by atoms with Crippen LogP contribution in [-0.4, -0.2) is 29.6 Å². The van der Waals surface area contributed by atoms with E-state index in [1.54, 1.807) is 0 Å². The van der Waals surface area contributed by atoms with Gasteiger partial charge >= 0.3 is 0 Å². The average molecular weight is 254 g/mol. The predicted molar refractivity (Wildman–Crippen MR) is 71.2 cm³/mol. The fourth-order valence-electron chi connectivity index (χ4n) is 2.39. The Morgan fingerprint density at radius 3 is 2.71 bits per heavy atom. The number of aliphatic hydroxyl groups is 1. The van der Waals surface area contributed by atoms with Gasteiger partial charge in [0.25, 0.3) is 0 Å². The van der Waals surface area contributed by atoms with Crippen LogP contribution in [0.5, 0.6) is 0 Å². The molecule has 94 valence electrons. The van der Waals surface area contributed by atoms with E-state index in [0.717, 1.165) is 24.4 Å². The van der Waals surface area contributed by atoms with Gasteiger partial charge in [0, 0.05) is 18.1 Å². The molecule has 0 bridgehead atoms. The van der Waals surface area contributed by atoms with E-state index >= 15 is 0 Å². The van der Waals surface area contributed by atoms with Crippen molar-refractivity contribution in [2.45, 2.75) is 25.9 Å². The van der Waals surface area contributed by atoms with E-state index in [-0.39, 0.29) is 6.10 Å². The van der Waals surface area contributed by atoms with Gasteiger partial charge in [0.05, 0.1) is 6.10 Å². The molecule has 1 N–H and O–H groups in total. The van der Waals surface area contributed by atoms with Crippen molar-refractivity contribution in [3.8, 4) is 0 Å². The normalized spacial score (nSPS) is 22.9. The van der Waals surface area contributed by atoms with Crippen LogP contribution in [0.15, 0.2) is 24.3 Å². The van der Waals surface area contributed by atoms with Gasteiger partial charge in [-0.25, -0.2) is 0 Å². The Morgan fingerprint density at radius 1 is 1.41 bits per heavy atom. The Balaban J connectivity index is 1.81. The summed E-state index contributed by atoms with van der Waals surface area (Å²) in [5.41, 5.74) is 0.960. The lowest BCUT2D eigenvalue weighted by Gasteiger charge is -2.18. The van der Waals surface area contributed by atoms with Crippen LogP contribution in [0.2, 0.25) is 5.02 Å². The number of aliphatic hydroxyl groups excluding tert-OH is 1. The van der Waals surface area contributed by atoms with Crippen LogP contribution in [-0.2, 0) is 0 Å². The van der Waals surface area contributed by atoms with E-state index < -0.39 is 0 Å². The zero-order valence-electron chi connectivity index (χ0n) is 10.3. The van der Waals surface area contributed by atoms with E-state index in [4.69, 9.17) is 11.6 Å². The van der Waals surface area contributed by atoms with Crippen molar-refractivity contribution < 1.29 is 5.11 Å². The van der Waals surface area contributed by atoms with Crippen molar-refractivity contribution in [2.24, 2.45) is 5.92 Å². The topological polar surface area (TPSA) is 23.5 Å². The van der Waals surface area contributed by atoms with Crippen LogP contribution in [0, 0.1) is 5.92 Å². The maximum absolute atomic E-state index is 10.1. The van der Waals surface area contributed by atoms with Crippen LogP contribution in [0.25, 0.3) is 0 Å². The molecule has 17 heavy (non-hydrogen) atoms. The first-order valence-corrected chi connectivity index (χ1v) is 6.69. The lowest BCUT2D eigenvalue weighted by molar-refractivity contribution is 0.148. The highest BCUT2D eigenvalue weighted by Gasteiger charge is 2.19. The standard InChI is InChI=1S/C14H20ClNO/c1-11-6-8-16(10-11)9-7-14(17)12-2-4-13(15)5-3-12/h2-5,11,14,17H,6-10H2,1H3. The van der Waals surface area contributed by atoms with Crippen molar-refractivity contribution in [3.63, 3.8) is 0 Å². The molecule has 2 atom stereocenters. The smallest absolute Gasteiger partial charge is 0.0802 e. The summed E-state index contributed by atoms with van der Waals surface area (Å²) in [6.45, 7) is 5.62. The zero-order valence-corrected chi connectivity index (χ0v) is 11.0. The summed E-state index contributed by atoms with van der Waals surface area (Å²) < 4.78 is 0. The van der Waals surface area contributed by atoms with Gasteiger partial charge in [-0.2, -0.15) is 0 Å². The molecule has 0 radical (unpaired) electrons. The van der Waals surface area contributed by atoms with Crippen LogP contribution >= 0.6 is 11.6 Å². The van der Waals surface area contributed by atoms with Gasteiger partial charge in [0.1, 0.15) is 0 Å². The molecule has 1 aromatic carbocycles. The summed E-state index contributed by atoms with van der Waals surface area (Å²) in [5.74, 6) is 0.808. The minimum Gasteiger partial charge on any atom is -0.388 e. The van der Waals surface area contributed by atoms with Crippen LogP contribution < -0.4 is 0 Å². The molecule has 2 nitrogen and oxygen atoms in total. The third kappa shape index (κ3) is 3.70. The number of rotatable bonds is 4. The Hall–Kier alpha value is -0.570. The number of hydrogen-bond acceptors (Lipinski definition) is 2. The largest absolute Gasteiger partial charge is 0.388 e. The van der Waals surface area contributed by atoms with Gasteiger partial charge in [0.15, 0.2) is 0 Å². The second kappa shape index (κ2) is 5.85. The molecule has 1 heterocycles. The van der Waals surface area contributed by atoms with Gasteiger partial charge < -0.3 is 10.0 Å². The fourth-order valence-corrected chi connectivity index (χ4v) is 2.51. The van der Waals surface area contributed by atoms with Gasteiger partial charge in [0.2, 0.25) is 0 Å². The molecular weight excluding hydrogens is 234 g/mol. The molecular formula is C14H20ClNO.